The van der Waals surface area contributed by atoms with E-state index in [2.05, 4.69) is 53.5 Å². The molecule has 1 aliphatic carbocycles. The molecule has 2 fully saturated rings. The fraction of sp³-hybridized carbons (Fsp3) is 0.435. The number of nitrogens with one attached hydrogen (secondary N) is 1. The first-order chi connectivity index (χ1) is 13.3. The zero-order valence-corrected chi connectivity index (χ0v) is 15.9. The van der Waals surface area contributed by atoms with Crippen molar-refractivity contribution in [3.8, 4) is 0 Å². The molecule has 1 saturated heterocycles. The minimum atomic E-state index is -0.461. The van der Waals surface area contributed by atoms with E-state index < -0.39 is 6.10 Å². The van der Waals surface area contributed by atoms with E-state index in [0.717, 1.165) is 24.1 Å². The van der Waals surface area contributed by atoms with Gasteiger partial charge in [0.25, 0.3) is 5.91 Å². The molecular formula is C23H28N2O2. The molecule has 1 aliphatic heterocycles. The number of hydrogen-bond acceptors (Lipinski definition) is 3. The Morgan fingerprint density at radius 1 is 1.07 bits per heavy atom. The van der Waals surface area contributed by atoms with Gasteiger partial charge in [-0.3, -0.25) is 9.69 Å². The number of carbonyl (C=O) groups excluding carboxylic acids is 1. The van der Waals surface area contributed by atoms with E-state index in [1.807, 2.05) is 18.2 Å². The number of aryl methyl sites for hydroxylation is 1. The monoisotopic (exact) mass is 364 g/mol. The van der Waals surface area contributed by atoms with Crippen molar-refractivity contribution >= 4 is 5.91 Å². The second-order valence-corrected chi connectivity index (χ2v) is 7.50. The lowest BCUT2D eigenvalue weighted by Gasteiger charge is -2.41. The van der Waals surface area contributed by atoms with Crippen LogP contribution in [0.5, 0.6) is 0 Å². The summed E-state index contributed by atoms with van der Waals surface area (Å²) in [4.78, 5) is 15.5. The van der Waals surface area contributed by atoms with Crippen molar-refractivity contribution in [2.45, 2.75) is 50.9 Å². The summed E-state index contributed by atoms with van der Waals surface area (Å²) in [6.45, 7) is 4.19. The van der Waals surface area contributed by atoms with Crippen molar-refractivity contribution in [1.82, 2.24) is 10.2 Å². The van der Waals surface area contributed by atoms with Gasteiger partial charge in [0.2, 0.25) is 0 Å². The van der Waals surface area contributed by atoms with Crippen LogP contribution in [0.1, 0.15) is 42.5 Å². The van der Waals surface area contributed by atoms with Crippen LogP contribution < -0.4 is 5.32 Å². The zero-order valence-electron chi connectivity index (χ0n) is 15.9. The fourth-order valence-corrected chi connectivity index (χ4v) is 3.92. The highest BCUT2D eigenvalue weighted by Gasteiger charge is 2.43. The Balaban J connectivity index is 1.48. The van der Waals surface area contributed by atoms with E-state index >= 15 is 0 Å². The summed E-state index contributed by atoms with van der Waals surface area (Å²) in [6, 6.07) is 19.3. The molecule has 0 unspecified atom stereocenters. The van der Waals surface area contributed by atoms with E-state index in [0.29, 0.717) is 19.2 Å². The van der Waals surface area contributed by atoms with E-state index in [-0.39, 0.29) is 11.9 Å². The molecule has 4 rings (SSSR count). The minimum Gasteiger partial charge on any atom is -0.365 e. The molecule has 0 radical (unpaired) electrons. The average Bonchev–Trinajstić information content (AvgIpc) is 3.58. The van der Waals surface area contributed by atoms with Crippen LogP contribution >= 0.6 is 0 Å². The molecular weight excluding hydrogens is 336 g/mol. The summed E-state index contributed by atoms with van der Waals surface area (Å²) in [5.74, 6) is -0.0197. The number of hydrogen-bond donors (Lipinski definition) is 1. The average molecular weight is 364 g/mol. The largest absolute Gasteiger partial charge is 0.365 e. The van der Waals surface area contributed by atoms with Crippen molar-refractivity contribution in [2.75, 3.05) is 13.2 Å². The highest BCUT2D eigenvalue weighted by atomic mass is 16.5. The quantitative estimate of drug-likeness (QED) is 0.853. The van der Waals surface area contributed by atoms with Crippen molar-refractivity contribution < 1.29 is 9.53 Å². The van der Waals surface area contributed by atoms with Crippen molar-refractivity contribution in [3.05, 3.63) is 71.3 Å². The number of ether oxygens (including phenoxy) is 1. The fourth-order valence-electron chi connectivity index (χ4n) is 3.92. The van der Waals surface area contributed by atoms with Gasteiger partial charge in [-0.05, 0) is 36.0 Å². The van der Waals surface area contributed by atoms with Crippen molar-refractivity contribution in [3.63, 3.8) is 0 Å². The first-order valence-corrected chi connectivity index (χ1v) is 10.0. The Morgan fingerprint density at radius 2 is 1.78 bits per heavy atom. The Hall–Kier alpha value is -2.17. The van der Waals surface area contributed by atoms with Crippen molar-refractivity contribution in [2.24, 2.45) is 0 Å². The molecule has 0 bridgehead atoms. The van der Waals surface area contributed by atoms with Crippen molar-refractivity contribution in [1.29, 1.82) is 0 Å². The van der Waals surface area contributed by atoms with Gasteiger partial charge in [-0.1, -0.05) is 61.5 Å². The summed E-state index contributed by atoms with van der Waals surface area (Å²) in [5, 5.41) is 3.10. The maximum absolute atomic E-state index is 13.0. The van der Waals surface area contributed by atoms with Crippen LogP contribution in [0.3, 0.4) is 0 Å². The highest BCUT2D eigenvalue weighted by Crippen LogP contribution is 2.38. The first kappa shape index (κ1) is 18.2. The van der Waals surface area contributed by atoms with E-state index in [1.165, 1.54) is 18.4 Å². The number of rotatable bonds is 6. The Labute approximate surface area is 161 Å². The molecule has 2 atom stereocenters. The maximum atomic E-state index is 13.0. The van der Waals surface area contributed by atoms with Gasteiger partial charge in [-0.15, -0.1) is 0 Å². The summed E-state index contributed by atoms with van der Waals surface area (Å²) in [6.07, 6.45) is 3.01. The van der Waals surface area contributed by atoms with Crippen LogP contribution in [-0.2, 0) is 22.5 Å². The lowest BCUT2D eigenvalue weighted by Crippen LogP contribution is -2.52. The van der Waals surface area contributed by atoms with Crippen LogP contribution in [0.25, 0.3) is 0 Å². The van der Waals surface area contributed by atoms with Crippen LogP contribution in [0.15, 0.2) is 54.6 Å². The third kappa shape index (κ3) is 4.23. The molecule has 1 saturated carbocycles. The smallest absolute Gasteiger partial charge is 0.251 e. The molecule has 27 heavy (non-hydrogen) atoms. The molecule has 1 amide bonds. The molecule has 2 aromatic rings. The third-order valence-corrected chi connectivity index (χ3v) is 5.60. The number of nitrogens with zero attached hydrogens (tertiary/aromatic N) is 1. The predicted octanol–water partition coefficient (Wildman–Crippen LogP) is 3.47. The Morgan fingerprint density at radius 3 is 2.44 bits per heavy atom. The number of benzene rings is 2. The van der Waals surface area contributed by atoms with Gasteiger partial charge >= 0.3 is 0 Å². The molecule has 4 heteroatoms. The highest BCUT2D eigenvalue weighted by molar-refractivity contribution is 5.82. The number of amides is 1. The van der Waals surface area contributed by atoms with Crippen LogP contribution in [0, 0.1) is 0 Å². The first-order valence-electron chi connectivity index (χ1n) is 10.0. The summed E-state index contributed by atoms with van der Waals surface area (Å²) >= 11 is 0. The molecule has 2 aromatic carbocycles. The molecule has 0 spiro atoms. The third-order valence-electron chi connectivity index (χ3n) is 5.60. The number of morpholine rings is 1. The molecule has 142 valence electrons. The van der Waals surface area contributed by atoms with E-state index in [9.17, 15) is 4.79 Å². The van der Waals surface area contributed by atoms with Crippen LogP contribution in [0.2, 0.25) is 0 Å². The standard InChI is InChI=1S/C23H28N2O2/c1-2-17-8-10-18(11-9-17)16-24-23(26)22-21(19-6-4-3-5-7-19)25(14-15-27-22)20-12-13-20/h3-11,20-22H,2,12-16H2,1H3,(H,24,26)/t21-,22+/m0/s1. The number of carbonyl (C=O) groups is 1. The SMILES string of the molecule is CCc1ccc(CNC(=O)[C@@H]2OCCN(C3CC3)[C@H]2c2ccccc2)cc1. The molecule has 2 aliphatic rings. The Bertz CT molecular complexity index is 756. The normalized spacial score (nSPS) is 23.1. The minimum absolute atomic E-state index is 0.00471. The summed E-state index contributed by atoms with van der Waals surface area (Å²) in [7, 11) is 0. The van der Waals surface area contributed by atoms with Gasteiger partial charge in [0.05, 0.1) is 12.6 Å². The lowest BCUT2D eigenvalue weighted by molar-refractivity contribution is -0.146. The van der Waals surface area contributed by atoms with Gasteiger partial charge in [0, 0.05) is 19.1 Å². The van der Waals surface area contributed by atoms with Gasteiger partial charge in [-0.2, -0.15) is 0 Å². The van der Waals surface area contributed by atoms with Crippen LogP contribution in [0.4, 0.5) is 0 Å². The lowest BCUT2D eigenvalue weighted by atomic mass is 9.97. The summed E-state index contributed by atoms with van der Waals surface area (Å²) < 4.78 is 5.99. The molecule has 1 N–H and O–H groups in total. The zero-order chi connectivity index (χ0) is 18.6. The second kappa shape index (κ2) is 8.24. The van der Waals surface area contributed by atoms with Gasteiger partial charge < -0.3 is 10.1 Å². The predicted molar refractivity (Wildman–Crippen MR) is 106 cm³/mol. The molecule has 0 aromatic heterocycles. The van der Waals surface area contributed by atoms with E-state index in [1.54, 1.807) is 0 Å². The molecule has 4 nitrogen and oxygen atoms in total. The second-order valence-electron chi connectivity index (χ2n) is 7.50. The Kier molecular flexibility index (Phi) is 5.55. The van der Waals surface area contributed by atoms with Gasteiger partial charge in [0.1, 0.15) is 0 Å². The van der Waals surface area contributed by atoms with Gasteiger partial charge in [-0.25, -0.2) is 0 Å². The van der Waals surface area contributed by atoms with Crippen LogP contribution in [-0.4, -0.2) is 36.1 Å². The summed E-state index contributed by atoms with van der Waals surface area (Å²) in [5.41, 5.74) is 3.59. The maximum Gasteiger partial charge on any atom is 0.251 e. The topological polar surface area (TPSA) is 41.6 Å². The van der Waals surface area contributed by atoms with Gasteiger partial charge in [0.15, 0.2) is 6.10 Å². The van der Waals surface area contributed by atoms with E-state index in [4.69, 9.17) is 4.74 Å². The molecule has 1 heterocycles.